The van der Waals surface area contributed by atoms with Gasteiger partial charge in [0.2, 0.25) is 10.0 Å². The zero-order valence-electron chi connectivity index (χ0n) is 9.87. The van der Waals surface area contributed by atoms with Crippen molar-refractivity contribution in [2.45, 2.75) is 10.9 Å². The minimum absolute atomic E-state index is 0.196. The van der Waals surface area contributed by atoms with Gasteiger partial charge in [0.1, 0.15) is 10.7 Å². The first-order valence-corrected chi connectivity index (χ1v) is 6.74. The molecule has 2 heterocycles. The van der Waals surface area contributed by atoms with E-state index in [1.807, 2.05) is 4.90 Å². The molecule has 1 aliphatic rings. The van der Waals surface area contributed by atoms with Crippen molar-refractivity contribution in [3.8, 4) is 0 Å². The Morgan fingerprint density at radius 3 is 2.47 bits per heavy atom. The Labute approximate surface area is 101 Å². The molecule has 0 bridgehead atoms. The van der Waals surface area contributed by atoms with Gasteiger partial charge in [0.25, 0.3) is 0 Å². The molecule has 0 aromatic carbocycles. The molecule has 94 valence electrons. The number of hydrogen-bond acceptors (Lipinski definition) is 5. The average Bonchev–Trinajstić information content (AvgIpc) is 2.25. The molecule has 1 aromatic rings. The van der Waals surface area contributed by atoms with Crippen LogP contribution in [-0.4, -0.2) is 50.9 Å². The molecule has 1 aliphatic heterocycles. The Hall–Kier alpha value is -1.18. The van der Waals surface area contributed by atoms with E-state index in [1.54, 1.807) is 12.1 Å². The summed E-state index contributed by atoms with van der Waals surface area (Å²) in [7, 11) is -0.396. The summed E-state index contributed by atoms with van der Waals surface area (Å²) < 4.78 is 24.8. The standard InChI is InChI=1S/C10H16N4O2S/c1-13(2)17(15,16)9-3-4-10(12-5-9)14-6-8(11)7-14/h3-5,8H,6-7,11H2,1-2H3. The number of pyridine rings is 1. The number of nitrogens with zero attached hydrogens (tertiary/aromatic N) is 3. The first-order valence-electron chi connectivity index (χ1n) is 5.30. The zero-order chi connectivity index (χ0) is 12.6. The molecule has 17 heavy (non-hydrogen) atoms. The maximum Gasteiger partial charge on any atom is 0.244 e. The molecule has 1 fully saturated rings. The van der Waals surface area contributed by atoms with Crippen molar-refractivity contribution in [1.82, 2.24) is 9.29 Å². The van der Waals surface area contributed by atoms with Crippen molar-refractivity contribution in [1.29, 1.82) is 0 Å². The molecular formula is C10H16N4O2S. The van der Waals surface area contributed by atoms with Gasteiger partial charge in [-0.15, -0.1) is 0 Å². The highest BCUT2D eigenvalue weighted by Crippen LogP contribution is 2.19. The van der Waals surface area contributed by atoms with Gasteiger partial charge in [-0.1, -0.05) is 0 Å². The summed E-state index contributed by atoms with van der Waals surface area (Å²) in [6, 6.07) is 3.48. The van der Waals surface area contributed by atoms with Crippen LogP contribution in [-0.2, 0) is 10.0 Å². The summed E-state index contributed by atoms with van der Waals surface area (Å²) in [6.07, 6.45) is 1.38. The van der Waals surface area contributed by atoms with E-state index >= 15 is 0 Å². The largest absolute Gasteiger partial charge is 0.353 e. The van der Waals surface area contributed by atoms with Crippen LogP contribution in [0.25, 0.3) is 0 Å². The van der Waals surface area contributed by atoms with E-state index in [9.17, 15) is 8.42 Å². The second kappa shape index (κ2) is 4.25. The van der Waals surface area contributed by atoms with Gasteiger partial charge in [-0.2, -0.15) is 0 Å². The highest BCUT2D eigenvalue weighted by atomic mass is 32.2. The molecule has 2 N–H and O–H groups in total. The molecule has 0 radical (unpaired) electrons. The van der Waals surface area contributed by atoms with Gasteiger partial charge < -0.3 is 10.6 Å². The van der Waals surface area contributed by atoms with Crippen LogP contribution in [0.4, 0.5) is 5.82 Å². The molecule has 1 aromatic heterocycles. The van der Waals surface area contributed by atoms with E-state index < -0.39 is 10.0 Å². The van der Waals surface area contributed by atoms with Gasteiger partial charge in [0.05, 0.1) is 0 Å². The first-order chi connectivity index (χ1) is 7.91. The predicted octanol–water partition coefficient (Wildman–Crippen LogP) is -0.521. The Morgan fingerprint density at radius 2 is 2.06 bits per heavy atom. The van der Waals surface area contributed by atoms with E-state index in [4.69, 9.17) is 5.73 Å². The molecule has 0 spiro atoms. The lowest BCUT2D eigenvalue weighted by Gasteiger charge is -2.37. The number of rotatable bonds is 3. The minimum atomic E-state index is -3.39. The predicted molar refractivity (Wildman–Crippen MR) is 65.3 cm³/mol. The van der Waals surface area contributed by atoms with Crippen LogP contribution in [0, 0.1) is 0 Å². The molecule has 0 amide bonds. The van der Waals surface area contributed by atoms with Crippen molar-refractivity contribution < 1.29 is 8.42 Å². The van der Waals surface area contributed by atoms with Gasteiger partial charge in [-0.25, -0.2) is 17.7 Å². The van der Waals surface area contributed by atoms with Crippen LogP contribution in [0.5, 0.6) is 0 Å². The maximum atomic E-state index is 11.8. The molecule has 0 saturated carbocycles. The highest BCUT2D eigenvalue weighted by molar-refractivity contribution is 7.89. The van der Waals surface area contributed by atoms with E-state index in [0.29, 0.717) is 0 Å². The molecule has 2 rings (SSSR count). The lowest BCUT2D eigenvalue weighted by atomic mass is 10.1. The fraction of sp³-hybridized carbons (Fsp3) is 0.500. The smallest absolute Gasteiger partial charge is 0.244 e. The monoisotopic (exact) mass is 256 g/mol. The molecule has 0 atom stereocenters. The minimum Gasteiger partial charge on any atom is -0.353 e. The summed E-state index contributed by atoms with van der Waals surface area (Å²) in [6.45, 7) is 1.54. The van der Waals surface area contributed by atoms with Crippen molar-refractivity contribution in [3.05, 3.63) is 18.3 Å². The molecule has 6 nitrogen and oxygen atoms in total. The van der Waals surface area contributed by atoms with Crippen LogP contribution in [0.1, 0.15) is 0 Å². The van der Waals surface area contributed by atoms with Gasteiger partial charge in [-0.3, -0.25) is 0 Å². The Balaban J connectivity index is 2.19. The Morgan fingerprint density at radius 1 is 1.41 bits per heavy atom. The van der Waals surface area contributed by atoms with Crippen LogP contribution in [0.3, 0.4) is 0 Å². The third kappa shape index (κ3) is 2.26. The molecular weight excluding hydrogens is 240 g/mol. The average molecular weight is 256 g/mol. The fourth-order valence-electron chi connectivity index (χ4n) is 1.62. The summed E-state index contributed by atoms with van der Waals surface area (Å²) in [4.78, 5) is 6.36. The van der Waals surface area contributed by atoms with E-state index in [2.05, 4.69) is 4.98 Å². The molecule has 0 aliphatic carbocycles. The van der Waals surface area contributed by atoms with E-state index in [-0.39, 0.29) is 10.9 Å². The van der Waals surface area contributed by atoms with Crippen molar-refractivity contribution in [2.24, 2.45) is 5.73 Å². The number of hydrogen-bond donors (Lipinski definition) is 1. The first kappa shape index (κ1) is 12.3. The number of aromatic nitrogens is 1. The van der Waals surface area contributed by atoms with E-state index in [1.165, 1.54) is 24.6 Å². The van der Waals surface area contributed by atoms with Crippen LogP contribution >= 0.6 is 0 Å². The molecule has 0 unspecified atom stereocenters. The van der Waals surface area contributed by atoms with Crippen LogP contribution < -0.4 is 10.6 Å². The third-order valence-corrected chi connectivity index (χ3v) is 4.53. The number of anilines is 1. The number of nitrogens with two attached hydrogens (primary N) is 1. The van der Waals surface area contributed by atoms with Gasteiger partial charge >= 0.3 is 0 Å². The Kier molecular flexibility index (Phi) is 3.07. The second-order valence-corrected chi connectivity index (χ2v) is 6.46. The van der Waals surface area contributed by atoms with Gasteiger partial charge in [0, 0.05) is 39.4 Å². The van der Waals surface area contributed by atoms with Crippen molar-refractivity contribution >= 4 is 15.8 Å². The number of sulfonamides is 1. The van der Waals surface area contributed by atoms with E-state index in [0.717, 1.165) is 18.9 Å². The second-order valence-electron chi connectivity index (χ2n) is 4.30. The summed E-state index contributed by atoms with van der Waals surface area (Å²) >= 11 is 0. The van der Waals surface area contributed by atoms with Gasteiger partial charge in [0.15, 0.2) is 0 Å². The highest BCUT2D eigenvalue weighted by Gasteiger charge is 2.25. The topological polar surface area (TPSA) is 79.5 Å². The van der Waals surface area contributed by atoms with Gasteiger partial charge in [-0.05, 0) is 12.1 Å². The maximum absolute atomic E-state index is 11.8. The summed E-state index contributed by atoms with van der Waals surface area (Å²) in [5.74, 6) is 0.768. The van der Waals surface area contributed by atoms with Crippen LogP contribution in [0.15, 0.2) is 23.2 Å². The quantitative estimate of drug-likeness (QED) is 0.787. The zero-order valence-corrected chi connectivity index (χ0v) is 10.7. The Bertz CT molecular complexity index is 492. The normalized spacial score (nSPS) is 17.3. The lowest BCUT2D eigenvalue weighted by molar-refractivity contribution is 0.512. The fourth-order valence-corrected chi connectivity index (χ4v) is 2.47. The SMILES string of the molecule is CN(C)S(=O)(=O)c1ccc(N2CC(N)C2)nc1. The van der Waals surface area contributed by atoms with Crippen molar-refractivity contribution in [2.75, 3.05) is 32.1 Å². The summed E-state index contributed by atoms with van der Waals surface area (Å²) in [5, 5.41) is 0. The molecule has 7 heteroatoms. The lowest BCUT2D eigenvalue weighted by Crippen LogP contribution is -2.56. The summed E-state index contributed by atoms with van der Waals surface area (Å²) in [5.41, 5.74) is 5.67. The van der Waals surface area contributed by atoms with Crippen LogP contribution in [0.2, 0.25) is 0 Å². The third-order valence-electron chi connectivity index (χ3n) is 2.73. The molecule has 1 saturated heterocycles. The van der Waals surface area contributed by atoms with Crippen molar-refractivity contribution in [3.63, 3.8) is 0 Å².